The molecule has 1 heterocycles. The summed E-state index contributed by atoms with van der Waals surface area (Å²) in [7, 11) is 0. The number of fused-ring (bicyclic) bond motifs is 3. The van der Waals surface area contributed by atoms with Crippen LogP contribution in [0.15, 0.2) is 253 Å². The number of rotatable bonds is 9. The third kappa shape index (κ3) is 6.94. The highest BCUT2D eigenvalue weighted by Gasteiger charge is 2.21. The van der Waals surface area contributed by atoms with Crippen LogP contribution in [0, 0.1) is 0 Å². The van der Waals surface area contributed by atoms with E-state index >= 15 is 0 Å². The average molecular weight is 792 g/mol. The summed E-state index contributed by atoms with van der Waals surface area (Å²) in [6.45, 7) is 0. The number of para-hydroxylation sites is 1. The maximum absolute atomic E-state index is 6.28. The van der Waals surface area contributed by atoms with Gasteiger partial charge in [0, 0.05) is 27.7 Å². The quantitative estimate of drug-likeness (QED) is 0.145. The summed E-state index contributed by atoms with van der Waals surface area (Å²) in [6.07, 6.45) is 0. The van der Waals surface area contributed by atoms with Crippen LogP contribution >= 0.6 is 0 Å². The Bertz CT molecular complexity index is 3300. The molecule has 0 N–H and O–H groups in total. The van der Waals surface area contributed by atoms with E-state index in [1.54, 1.807) is 0 Å². The predicted molar refractivity (Wildman–Crippen MR) is 261 cm³/mol. The molecule has 0 aliphatic carbocycles. The minimum atomic E-state index is 0.894. The van der Waals surface area contributed by atoms with Gasteiger partial charge in [0.1, 0.15) is 11.2 Å². The third-order valence-electron chi connectivity index (χ3n) is 11.9. The Labute approximate surface area is 362 Å². The summed E-state index contributed by atoms with van der Waals surface area (Å²) in [4.78, 5) is 2.40. The van der Waals surface area contributed by atoms with Crippen molar-refractivity contribution in [2.75, 3.05) is 4.90 Å². The molecule has 0 fully saturated rings. The number of hydrogen-bond donors (Lipinski definition) is 0. The highest BCUT2D eigenvalue weighted by Crippen LogP contribution is 2.46. The topological polar surface area (TPSA) is 16.4 Å². The third-order valence-corrected chi connectivity index (χ3v) is 11.9. The molecule has 10 aromatic carbocycles. The second-order valence-electron chi connectivity index (χ2n) is 15.7. The van der Waals surface area contributed by atoms with Crippen molar-refractivity contribution in [2.24, 2.45) is 0 Å². The Morgan fingerprint density at radius 1 is 0.258 bits per heavy atom. The van der Waals surface area contributed by atoms with E-state index in [-0.39, 0.29) is 0 Å². The lowest BCUT2D eigenvalue weighted by atomic mass is 9.89. The molecule has 0 radical (unpaired) electrons. The molecule has 2 nitrogen and oxygen atoms in total. The Morgan fingerprint density at radius 3 is 1.35 bits per heavy atom. The van der Waals surface area contributed by atoms with Crippen molar-refractivity contribution in [2.45, 2.75) is 0 Å². The van der Waals surface area contributed by atoms with Gasteiger partial charge in [0.2, 0.25) is 0 Å². The lowest BCUT2D eigenvalue weighted by Gasteiger charge is -2.29. The smallest absolute Gasteiger partial charge is 0.136 e. The minimum Gasteiger partial charge on any atom is -0.456 e. The van der Waals surface area contributed by atoms with Crippen LogP contribution in [-0.4, -0.2) is 0 Å². The lowest BCUT2D eigenvalue weighted by molar-refractivity contribution is 0.669. The summed E-state index contributed by atoms with van der Waals surface area (Å²) in [6, 6.07) is 89.2. The van der Waals surface area contributed by atoms with Crippen molar-refractivity contribution in [3.8, 4) is 66.8 Å². The fourth-order valence-corrected chi connectivity index (χ4v) is 8.88. The average Bonchev–Trinajstić information content (AvgIpc) is 3.75. The maximum atomic E-state index is 6.28. The SMILES string of the molecule is c1ccc(-c2ccc(N(c3ccc(-c4cccc5oc6ccccc6c45)cc3)c3ccc(-c4cc(-c5ccccc5)ccc4-c4ccccc4)cc3-c3ccccc3)cc2)cc1. The molecule has 0 bridgehead atoms. The first-order valence-corrected chi connectivity index (χ1v) is 21.2. The summed E-state index contributed by atoms with van der Waals surface area (Å²) >= 11 is 0. The van der Waals surface area contributed by atoms with Crippen LogP contribution < -0.4 is 4.90 Å². The fraction of sp³-hybridized carbons (Fsp3) is 0. The Kier molecular flexibility index (Phi) is 9.57. The number of furan rings is 1. The van der Waals surface area contributed by atoms with Gasteiger partial charge in [-0.3, -0.25) is 0 Å². The molecule has 292 valence electrons. The largest absolute Gasteiger partial charge is 0.456 e. The van der Waals surface area contributed by atoms with Crippen molar-refractivity contribution < 1.29 is 4.42 Å². The Hall–Kier alpha value is -8.20. The molecule has 0 aliphatic rings. The number of anilines is 3. The van der Waals surface area contributed by atoms with Crippen molar-refractivity contribution >= 4 is 39.0 Å². The highest BCUT2D eigenvalue weighted by atomic mass is 16.3. The van der Waals surface area contributed by atoms with Gasteiger partial charge in [0.25, 0.3) is 0 Å². The highest BCUT2D eigenvalue weighted by molar-refractivity contribution is 6.12. The summed E-state index contributed by atoms with van der Waals surface area (Å²) in [5.41, 5.74) is 19.0. The van der Waals surface area contributed by atoms with Crippen LogP contribution in [0.1, 0.15) is 0 Å². The van der Waals surface area contributed by atoms with E-state index in [4.69, 9.17) is 4.42 Å². The monoisotopic (exact) mass is 791 g/mol. The van der Waals surface area contributed by atoms with Crippen LogP contribution in [0.2, 0.25) is 0 Å². The van der Waals surface area contributed by atoms with Gasteiger partial charge < -0.3 is 9.32 Å². The van der Waals surface area contributed by atoms with Crippen LogP contribution in [-0.2, 0) is 0 Å². The van der Waals surface area contributed by atoms with Gasteiger partial charge in [-0.2, -0.15) is 0 Å². The van der Waals surface area contributed by atoms with Crippen LogP contribution in [0.3, 0.4) is 0 Å². The molecule has 1 aromatic heterocycles. The molecule has 0 aliphatic heterocycles. The molecule has 0 saturated carbocycles. The molecule has 0 atom stereocenters. The van der Waals surface area contributed by atoms with Gasteiger partial charge in [-0.25, -0.2) is 0 Å². The van der Waals surface area contributed by atoms with Gasteiger partial charge in [0.15, 0.2) is 0 Å². The van der Waals surface area contributed by atoms with Crippen molar-refractivity contribution in [1.29, 1.82) is 0 Å². The zero-order valence-corrected chi connectivity index (χ0v) is 34.0. The van der Waals surface area contributed by atoms with Crippen molar-refractivity contribution in [3.05, 3.63) is 249 Å². The van der Waals surface area contributed by atoms with E-state index in [1.807, 2.05) is 12.1 Å². The van der Waals surface area contributed by atoms with Crippen molar-refractivity contribution in [3.63, 3.8) is 0 Å². The molecule has 62 heavy (non-hydrogen) atoms. The van der Waals surface area contributed by atoms with Gasteiger partial charge in [0.05, 0.1) is 5.69 Å². The van der Waals surface area contributed by atoms with Crippen molar-refractivity contribution in [1.82, 2.24) is 0 Å². The first-order valence-electron chi connectivity index (χ1n) is 21.2. The molecule has 2 heteroatoms. The second-order valence-corrected chi connectivity index (χ2v) is 15.7. The molecule has 11 aromatic rings. The summed E-state index contributed by atoms with van der Waals surface area (Å²) < 4.78 is 6.28. The zero-order chi connectivity index (χ0) is 41.2. The first-order chi connectivity index (χ1) is 30.7. The fourth-order valence-electron chi connectivity index (χ4n) is 8.88. The van der Waals surface area contributed by atoms with E-state index in [0.29, 0.717) is 0 Å². The molecular formula is C60H41NO. The van der Waals surface area contributed by atoms with E-state index in [1.165, 1.54) is 38.9 Å². The molecular weight excluding hydrogens is 751 g/mol. The van der Waals surface area contributed by atoms with Crippen LogP contribution in [0.25, 0.3) is 88.7 Å². The molecule has 0 unspecified atom stereocenters. The molecule has 0 spiro atoms. The number of hydrogen-bond acceptors (Lipinski definition) is 2. The van der Waals surface area contributed by atoms with Gasteiger partial charge in [-0.1, -0.05) is 194 Å². The second kappa shape index (κ2) is 16.1. The van der Waals surface area contributed by atoms with E-state index < -0.39 is 0 Å². The summed E-state index contributed by atoms with van der Waals surface area (Å²) in [5.74, 6) is 0. The summed E-state index contributed by atoms with van der Waals surface area (Å²) in [5, 5.41) is 2.26. The number of nitrogens with zero attached hydrogens (tertiary/aromatic N) is 1. The van der Waals surface area contributed by atoms with Gasteiger partial charge in [-0.15, -0.1) is 0 Å². The maximum Gasteiger partial charge on any atom is 0.136 e. The normalized spacial score (nSPS) is 11.2. The standard InChI is InChI=1S/C60H41NO/c1-5-16-42(17-6-1)44-28-34-50(35-29-44)61(51-36-30-47(31-37-51)53-25-15-27-59-60(53)54-24-13-14-26-58(54)62-59)57-39-33-49(41-56(57)46-22-11-4-12-23-46)55-40-48(43-18-7-2-8-19-43)32-38-52(55)45-20-9-3-10-21-45/h1-41H. The minimum absolute atomic E-state index is 0.894. The molecule has 11 rings (SSSR count). The first kappa shape index (κ1) is 36.8. The van der Waals surface area contributed by atoms with E-state index in [2.05, 4.69) is 241 Å². The molecule has 0 saturated heterocycles. The predicted octanol–water partition coefficient (Wildman–Crippen LogP) is 17.1. The Balaban J connectivity index is 1.09. The van der Waals surface area contributed by atoms with Gasteiger partial charge in [-0.05, 0) is 116 Å². The Morgan fingerprint density at radius 2 is 0.710 bits per heavy atom. The van der Waals surface area contributed by atoms with Crippen LogP contribution in [0.5, 0.6) is 0 Å². The van der Waals surface area contributed by atoms with Gasteiger partial charge >= 0.3 is 0 Å². The van der Waals surface area contributed by atoms with E-state index in [9.17, 15) is 0 Å². The number of benzene rings is 10. The van der Waals surface area contributed by atoms with E-state index in [0.717, 1.165) is 66.8 Å². The van der Waals surface area contributed by atoms with Crippen LogP contribution in [0.4, 0.5) is 17.1 Å². The zero-order valence-electron chi connectivity index (χ0n) is 34.0. The lowest BCUT2D eigenvalue weighted by Crippen LogP contribution is -2.11. The molecule has 0 amide bonds.